The minimum atomic E-state index is -1.45. The van der Waals surface area contributed by atoms with Crippen LogP contribution in [0.25, 0.3) is 0 Å². The highest BCUT2D eigenvalue weighted by Gasteiger charge is 2.19. The van der Waals surface area contributed by atoms with Gasteiger partial charge in [0, 0.05) is 12.6 Å². The van der Waals surface area contributed by atoms with Crippen LogP contribution in [0.5, 0.6) is 0 Å². The maximum atomic E-state index is 13.2. The highest BCUT2D eigenvalue weighted by atomic mass is 32.2. The van der Waals surface area contributed by atoms with E-state index in [2.05, 4.69) is 10.6 Å². The molecule has 0 aromatic heterocycles. The molecule has 3 N–H and O–H groups in total. The van der Waals surface area contributed by atoms with Crippen molar-refractivity contribution >= 4 is 29.4 Å². The predicted molar refractivity (Wildman–Crippen MR) is 75.8 cm³/mol. The molecule has 1 aromatic carbocycles. The van der Waals surface area contributed by atoms with E-state index >= 15 is 0 Å². The zero-order valence-corrected chi connectivity index (χ0v) is 11.8. The summed E-state index contributed by atoms with van der Waals surface area (Å²) in [7, 11) is 0. The highest BCUT2D eigenvalue weighted by molar-refractivity contribution is 7.99. The molecule has 2 rings (SSSR count). The SMILES string of the molecule is O=C(NCC1CCSC1)Nc1cc(F)c(F)cc1C(=O)O. The molecule has 1 fully saturated rings. The Labute approximate surface area is 124 Å². The molecule has 1 atom stereocenters. The lowest BCUT2D eigenvalue weighted by molar-refractivity contribution is 0.0697. The summed E-state index contributed by atoms with van der Waals surface area (Å²) in [4.78, 5) is 22.7. The Kier molecular flexibility index (Phi) is 5.00. The Morgan fingerprint density at radius 2 is 2.05 bits per heavy atom. The lowest BCUT2D eigenvalue weighted by Gasteiger charge is -2.12. The van der Waals surface area contributed by atoms with Gasteiger partial charge in [-0.3, -0.25) is 0 Å². The smallest absolute Gasteiger partial charge is 0.337 e. The van der Waals surface area contributed by atoms with Crippen molar-refractivity contribution in [3.63, 3.8) is 0 Å². The molecule has 1 aliphatic rings. The number of rotatable bonds is 4. The number of anilines is 1. The Bertz CT molecular complexity index is 563. The molecule has 1 aromatic rings. The van der Waals surface area contributed by atoms with E-state index < -0.39 is 29.2 Å². The van der Waals surface area contributed by atoms with E-state index in [9.17, 15) is 18.4 Å². The van der Waals surface area contributed by atoms with Gasteiger partial charge in [0.05, 0.1) is 11.3 Å². The third-order valence-corrected chi connectivity index (χ3v) is 4.35. The monoisotopic (exact) mass is 316 g/mol. The van der Waals surface area contributed by atoms with Crippen LogP contribution in [-0.2, 0) is 0 Å². The Balaban J connectivity index is 2.02. The number of amides is 2. The van der Waals surface area contributed by atoms with Crippen molar-refractivity contribution in [3.8, 4) is 0 Å². The van der Waals surface area contributed by atoms with Gasteiger partial charge in [-0.15, -0.1) is 0 Å². The second kappa shape index (κ2) is 6.75. The number of thioether (sulfide) groups is 1. The average Bonchev–Trinajstić information content (AvgIpc) is 2.93. The lowest BCUT2D eigenvalue weighted by Crippen LogP contribution is -2.33. The van der Waals surface area contributed by atoms with Gasteiger partial charge in [-0.1, -0.05) is 0 Å². The van der Waals surface area contributed by atoms with Crippen molar-refractivity contribution in [1.82, 2.24) is 5.32 Å². The minimum Gasteiger partial charge on any atom is -0.478 e. The summed E-state index contributed by atoms with van der Waals surface area (Å²) in [6, 6.07) is 0.561. The van der Waals surface area contributed by atoms with E-state index in [-0.39, 0.29) is 5.69 Å². The summed E-state index contributed by atoms with van der Waals surface area (Å²) in [6.45, 7) is 0.463. The maximum Gasteiger partial charge on any atom is 0.337 e. The molecular weight excluding hydrogens is 302 g/mol. The van der Waals surface area contributed by atoms with Crippen molar-refractivity contribution < 1.29 is 23.5 Å². The van der Waals surface area contributed by atoms with Gasteiger partial charge >= 0.3 is 12.0 Å². The molecule has 114 valence electrons. The number of carbonyl (C=O) groups is 2. The van der Waals surface area contributed by atoms with Crippen LogP contribution in [0.3, 0.4) is 0 Å². The van der Waals surface area contributed by atoms with E-state index in [1.165, 1.54) is 0 Å². The van der Waals surface area contributed by atoms with Crippen LogP contribution < -0.4 is 10.6 Å². The molecule has 0 bridgehead atoms. The van der Waals surface area contributed by atoms with E-state index in [0.717, 1.165) is 17.9 Å². The largest absolute Gasteiger partial charge is 0.478 e. The Morgan fingerprint density at radius 1 is 1.33 bits per heavy atom. The number of hydrogen-bond donors (Lipinski definition) is 3. The zero-order chi connectivity index (χ0) is 15.4. The number of hydrogen-bond acceptors (Lipinski definition) is 3. The molecule has 0 saturated carbocycles. The van der Waals surface area contributed by atoms with Gasteiger partial charge < -0.3 is 15.7 Å². The average molecular weight is 316 g/mol. The highest BCUT2D eigenvalue weighted by Crippen LogP contribution is 2.23. The van der Waals surface area contributed by atoms with E-state index in [4.69, 9.17) is 5.11 Å². The fraction of sp³-hybridized carbons (Fsp3) is 0.385. The quantitative estimate of drug-likeness (QED) is 0.797. The number of carbonyl (C=O) groups excluding carboxylic acids is 1. The Morgan fingerprint density at radius 3 is 2.67 bits per heavy atom. The number of nitrogens with one attached hydrogen (secondary N) is 2. The fourth-order valence-electron chi connectivity index (χ4n) is 1.98. The van der Waals surface area contributed by atoms with Crippen LogP contribution in [0, 0.1) is 17.6 Å². The topological polar surface area (TPSA) is 78.4 Å². The molecule has 0 radical (unpaired) electrons. The van der Waals surface area contributed by atoms with Gasteiger partial charge in [0.25, 0.3) is 0 Å². The van der Waals surface area contributed by atoms with Crippen molar-refractivity contribution in [3.05, 3.63) is 29.3 Å². The summed E-state index contributed by atoms with van der Waals surface area (Å²) in [5, 5.41) is 13.8. The normalized spacial score (nSPS) is 17.5. The van der Waals surface area contributed by atoms with Crippen molar-refractivity contribution in [2.45, 2.75) is 6.42 Å². The number of aromatic carboxylic acids is 1. The molecule has 2 amide bonds. The maximum absolute atomic E-state index is 13.2. The molecule has 8 heteroatoms. The summed E-state index contributed by atoms with van der Waals surface area (Å²) in [5.41, 5.74) is -0.778. The van der Waals surface area contributed by atoms with E-state index in [1.54, 1.807) is 0 Å². The second-order valence-corrected chi connectivity index (χ2v) is 5.83. The van der Waals surface area contributed by atoms with Gasteiger partial charge in [-0.25, -0.2) is 18.4 Å². The lowest BCUT2D eigenvalue weighted by atomic mass is 10.1. The van der Waals surface area contributed by atoms with Crippen LogP contribution in [0.4, 0.5) is 19.3 Å². The fourth-order valence-corrected chi connectivity index (χ4v) is 3.26. The molecule has 1 saturated heterocycles. The summed E-state index contributed by atoms with van der Waals surface area (Å²) < 4.78 is 26.2. The third kappa shape index (κ3) is 4.07. The molecular formula is C13H14F2N2O3S. The molecule has 0 spiro atoms. The summed E-state index contributed by atoms with van der Waals surface area (Å²) >= 11 is 1.81. The first kappa shape index (κ1) is 15.6. The van der Waals surface area contributed by atoms with Crippen LogP contribution in [0.2, 0.25) is 0 Å². The number of halogens is 2. The van der Waals surface area contributed by atoms with Crippen LogP contribution >= 0.6 is 11.8 Å². The molecule has 21 heavy (non-hydrogen) atoms. The van der Waals surface area contributed by atoms with E-state index in [1.807, 2.05) is 11.8 Å². The predicted octanol–water partition coefficient (Wildman–Crippen LogP) is 2.54. The van der Waals surface area contributed by atoms with Gasteiger partial charge in [-0.2, -0.15) is 11.8 Å². The van der Waals surface area contributed by atoms with Gasteiger partial charge in [-0.05, 0) is 29.9 Å². The number of carboxylic acid groups (broad SMARTS) is 1. The number of benzene rings is 1. The first-order chi connectivity index (χ1) is 9.97. The van der Waals surface area contributed by atoms with Crippen molar-refractivity contribution in [1.29, 1.82) is 0 Å². The minimum absolute atomic E-state index is 0.278. The zero-order valence-electron chi connectivity index (χ0n) is 11.0. The molecule has 0 aliphatic carbocycles. The van der Waals surface area contributed by atoms with Gasteiger partial charge in [0.1, 0.15) is 0 Å². The molecule has 1 heterocycles. The van der Waals surface area contributed by atoms with Crippen LogP contribution in [0.15, 0.2) is 12.1 Å². The van der Waals surface area contributed by atoms with E-state index in [0.29, 0.717) is 24.6 Å². The second-order valence-electron chi connectivity index (χ2n) is 4.68. The first-order valence-electron chi connectivity index (χ1n) is 6.32. The number of urea groups is 1. The van der Waals surface area contributed by atoms with Crippen LogP contribution in [-0.4, -0.2) is 35.2 Å². The summed E-state index contributed by atoms with van der Waals surface area (Å²) in [6.07, 6.45) is 1.01. The molecule has 1 aliphatic heterocycles. The summed E-state index contributed by atoms with van der Waals surface area (Å²) in [5.74, 6) is -1.54. The molecule has 1 unspecified atom stereocenters. The molecule has 5 nitrogen and oxygen atoms in total. The van der Waals surface area contributed by atoms with Crippen molar-refractivity contribution in [2.24, 2.45) is 5.92 Å². The Hall–Kier alpha value is -1.83. The first-order valence-corrected chi connectivity index (χ1v) is 7.47. The van der Waals surface area contributed by atoms with Crippen LogP contribution in [0.1, 0.15) is 16.8 Å². The third-order valence-electron chi connectivity index (χ3n) is 3.11. The van der Waals surface area contributed by atoms with Gasteiger partial charge in [0.2, 0.25) is 0 Å². The van der Waals surface area contributed by atoms with Crippen molar-refractivity contribution in [2.75, 3.05) is 23.4 Å². The van der Waals surface area contributed by atoms with Gasteiger partial charge in [0.15, 0.2) is 11.6 Å². The number of carboxylic acids is 1. The standard InChI is InChI=1S/C13H14F2N2O3S/c14-9-3-8(12(18)19)11(4-10(9)15)17-13(20)16-5-7-1-2-21-6-7/h3-4,7H,1-2,5-6H2,(H,18,19)(H2,16,17,20).